The molecule has 1 aliphatic heterocycles. The first-order valence-electron chi connectivity index (χ1n) is 6.41. The van der Waals surface area contributed by atoms with Crippen molar-refractivity contribution in [2.45, 2.75) is 0 Å². The fourth-order valence-electron chi connectivity index (χ4n) is 2.04. The van der Waals surface area contributed by atoms with Crippen molar-refractivity contribution in [3.8, 4) is 0 Å². The zero-order valence-corrected chi connectivity index (χ0v) is 11.8. The zero-order chi connectivity index (χ0) is 16.6. The molecular weight excluding hydrogens is 306 g/mol. The first-order chi connectivity index (χ1) is 11.0. The molecule has 0 fully saturated rings. The molecule has 2 heterocycles. The number of benzene rings is 1. The van der Waals surface area contributed by atoms with Crippen LogP contribution < -0.4 is 0 Å². The van der Waals surface area contributed by atoms with E-state index in [2.05, 4.69) is 4.74 Å². The normalized spacial score (nSPS) is 13.0. The predicted octanol–water partition coefficient (Wildman–Crippen LogP) is 1.43. The zero-order valence-electron chi connectivity index (χ0n) is 11.8. The van der Waals surface area contributed by atoms with Gasteiger partial charge in [-0.25, -0.2) is 9.59 Å². The first kappa shape index (κ1) is 14.5. The Morgan fingerprint density at radius 3 is 1.96 bits per heavy atom. The number of methoxy groups -OCH3 is 1. The Labute approximate surface area is 129 Å². The van der Waals surface area contributed by atoms with Gasteiger partial charge in [0, 0.05) is 0 Å². The van der Waals surface area contributed by atoms with Crippen LogP contribution in [-0.2, 0) is 9.57 Å². The lowest BCUT2D eigenvalue weighted by Crippen LogP contribution is -2.32. The number of hydrogen-bond donors (Lipinski definition) is 0. The third kappa shape index (κ3) is 2.35. The Kier molecular flexibility index (Phi) is 3.41. The van der Waals surface area contributed by atoms with Crippen molar-refractivity contribution < 1.29 is 33.2 Å². The maximum atomic E-state index is 12.1. The largest absolute Gasteiger partial charge is 0.463 e. The van der Waals surface area contributed by atoms with Crippen LogP contribution in [0.15, 0.2) is 40.8 Å². The second kappa shape index (κ2) is 5.41. The van der Waals surface area contributed by atoms with Gasteiger partial charge in [0.25, 0.3) is 11.8 Å². The van der Waals surface area contributed by atoms with Crippen LogP contribution in [0.2, 0.25) is 0 Å². The lowest BCUT2D eigenvalue weighted by Gasteiger charge is -2.11. The maximum absolute atomic E-state index is 12.1. The summed E-state index contributed by atoms with van der Waals surface area (Å²) < 4.78 is 9.39. The number of nitrogens with zero attached hydrogens (tertiary/aromatic N) is 1. The van der Waals surface area contributed by atoms with Gasteiger partial charge in [0.2, 0.25) is 11.5 Å². The van der Waals surface area contributed by atoms with Gasteiger partial charge in [0.1, 0.15) is 0 Å². The molecule has 2 aromatic rings. The van der Waals surface area contributed by atoms with E-state index in [0.717, 1.165) is 7.11 Å². The molecule has 0 spiro atoms. The van der Waals surface area contributed by atoms with E-state index in [4.69, 9.17) is 9.25 Å². The van der Waals surface area contributed by atoms with Crippen molar-refractivity contribution >= 4 is 23.8 Å². The molecule has 0 saturated heterocycles. The molecule has 8 heteroatoms. The average Bonchev–Trinajstić information content (AvgIpc) is 3.15. The summed E-state index contributed by atoms with van der Waals surface area (Å²) >= 11 is 0. The monoisotopic (exact) mass is 315 g/mol. The number of rotatable bonds is 3. The van der Waals surface area contributed by atoms with Crippen LogP contribution in [-0.4, -0.2) is 35.9 Å². The molecule has 8 nitrogen and oxygen atoms in total. The molecule has 2 amide bonds. The van der Waals surface area contributed by atoms with Crippen LogP contribution in [0.3, 0.4) is 0 Å². The predicted molar refractivity (Wildman–Crippen MR) is 72.4 cm³/mol. The molecular formula is C15H9NO7. The highest BCUT2D eigenvalue weighted by atomic mass is 16.7. The summed E-state index contributed by atoms with van der Waals surface area (Å²) in [6.07, 6.45) is 0. The highest BCUT2D eigenvalue weighted by Gasteiger charge is 2.39. The molecule has 0 saturated carbocycles. The highest BCUT2D eigenvalue weighted by molar-refractivity contribution is 6.21. The summed E-state index contributed by atoms with van der Waals surface area (Å²) in [5, 5.41) is 0.354. The lowest BCUT2D eigenvalue weighted by atomic mass is 10.1. The number of imide groups is 1. The minimum atomic E-state index is -1.09. The Hall–Kier alpha value is -3.42. The van der Waals surface area contributed by atoms with Crippen molar-refractivity contribution in [3.63, 3.8) is 0 Å². The molecule has 0 bridgehead atoms. The number of hydrogen-bond acceptors (Lipinski definition) is 7. The van der Waals surface area contributed by atoms with Crippen LogP contribution in [0.1, 0.15) is 41.8 Å². The molecule has 0 unspecified atom stereocenters. The maximum Gasteiger partial charge on any atom is 0.399 e. The fraction of sp³-hybridized carbons (Fsp3) is 0.0667. The van der Waals surface area contributed by atoms with Crippen LogP contribution in [0.4, 0.5) is 0 Å². The molecule has 3 rings (SSSR count). The van der Waals surface area contributed by atoms with Crippen LogP contribution in [0.25, 0.3) is 0 Å². The molecule has 0 N–H and O–H groups in total. The van der Waals surface area contributed by atoms with Crippen molar-refractivity contribution in [1.82, 2.24) is 5.06 Å². The molecule has 116 valence electrons. The lowest BCUT2D eigenvalue weighted by molar-refractivity contribution is -0.0604. The Morgan fingerprint density at radius 1 is 0.913 bits per heavy atom. The third-order valence-corrected chi connectivity index (χ3v) is 3.12. The van der Waals surface area contributed by atoms with Gasteiger partial charge in [-0.15, -0.1) is 0 Å². The number of esters is 1. The Balaban J connectivity index is 1.79. The van der Waals surface area contributed by atoms with E-state index in [1.807, 2.05) is 0 Å². The van der Waals surface area contributed by atoms with Gasteiger partial charge in [0.05, 0.1) is 18.2 Å². The summed E-state index contributed by atoms with van der Waals surface area (Å²) in [5.74, 6) is -3.92. The number of amides is 2. The molecule has 1 aromatic heterocycles. The molecule has 1 aromatic carbocycles. The van der Waals surface area contributed by atoms with Crippen molar-refractivity contribution in [2.75, 3.05) is 7.11 Å². The quantitative estimate of drug-likeness (QED) is 0.623. The first-order valence-corrected chi connectivity index (χ1v) is 6.41. The minimum Gasteiger partial charge on any atom is -0.463 e. The fourth-order valence-corrected chi connectivity index (χ4v) is 2.04. The number of furan rings is 1. The summed E-state index contributed by atoms with van der Waals surface area (Å²) in [6, 6.07) is 8.46. The summed E-state index contributed by atoms with van der Waals surface area (Å²) in [5.41, 5.74) is 0.278. The van der Waals surface area contributed by atoms with E-state index < -0.39 is 23.8 Å². The van der Waals surface area contributed by atoms with Gasteiger partial charge in [-0.05, 0) is 24.3 Å². The second-order valence-electron chi connectivity index (χ2n) is 4.48. The molecule has 23 heavy (non-hydrogen) atoms. The van der Waals surface area contributed by atoms with Crippen LogP contribution >= 0.6 is 0 Å². The van der Waals surface area contributed by atoms with Crippen molar-refractivity contribution in [2.24, 2.45) is 0 Å². The average molecular weight is 315 g/mol. The SMILES string of the molecule is COC(=O)c1ccc(C(=O)ON2C(=O)c3ccccc3C2=O)o1. The van der Waals surface area contributed by atoms with Gasteiger partial charge in [0.15, 0.2) is 0 Å². The standard InChI is InChI=1S/C15H9NO7/c1-21-14(19)10-6-7-11(22-10)15(20)23-16-12(17)8-4-2-3-5-9(8)13(16)18/h2-7H,1H3. The van der Waals surface area contributed by atoms with E-state index in [1.165, 1.54) is 24.3 Å². The summed E-state index contributed by atoms with van der Waals surface area (Å²) in [7, 11) is 1.15. The number of fused-ring (bicyclic) bond motifs is 1. The summed E-state index contributed by atoms with van der Waals surface area (Å²) in [6.45, 7) is 0. The Bertz CT molecular complexity index is 801. The highest BCUT2D eigenvalue weighted by Crippen LogP contribution is 2.23. The number of carbonyl (C=O) groups is 4. The topological polar surface area (TPSA) is 103 Å². The van der Waals surface area contributed by atoms with E-state index >= 15 is 0 Å². The van der Waals surface area contributed by atoms with E-state index in [-0.39, 0.29) is 22.6 Å². The van der Waals surface area contributed by atoms with Crippen molar-refractivity contribution in [1.29, 1.82) is 0 Å². The molecule has 0 aliphatic carbocycles. The van der Waals surface area contributed by atoms with Gasteiger partial charge >= 0.3 is 11.9 Å². The van der Waals surface area contributed by atoms with Gasteiger partial charge in [-0.3, -0.25) is 9.59 Å². The minimum absolute atomic E-state index is 0.139. The molecule has 0 atom stereocenters. The second-order valence-corrected chi connectivity index (χ2v) is 4.48. The molecule has 1 aliphatic rings. The molecule has 0 radical (unpaired) electrons. The van der Waals surface area contributed by atoms with Crippen molar-refractivity contribution in [3.05, 3.63) is 59.0 Å². The van der Waals surface area contributed by atoms with Crippen LogP contribution in [0.5, 0.6) is 0 Å². The number of hydroxylamine groups is 2. The third-order valence-electron chi connectivity index (χ3n) is 3.12. The number of ether oxygens (including phenoxy) is 1. The summed E-state index contributed by atoms with van der Waals surface area (Å²) in [4.78, 5) is 52.1. The van der Waals surface area contributed by atoms with Gasteiger partial charge in [-0.1, -0.05) is 17.2 Å². The number of carbonyl (C=O) groups excluding carboxylic acids is 4. The van der Waals surface area contributed by atoms with E-state index in [1.54, 1.807) is 12.1 Å². The van der Waals surface area contributed by atoms with Crippen LogP contribution in [0, 0.1) is 0 Å². The van der Waals surface area contributed by atoms with E-state index in [9.17, 15) is 19.2 Å². The smallest absolute Gasteiger partial charge is 0.399 e. The van der Waals surface area contributed by atoms with Gasteiger partial charge in [-0.2, -0.15) is 0 Å². The Morgan fingerprint density at radius 2 is 1.43 bits per heavy atom. The van der Waals surface area contributed by atoms with E-state index in [0.29, 0.717) is 5.06 Å². The van der Waals surface area contributed by atoms with Gasteiger partial charge < -0.3 is 14.0 Å².